The number of nitrogens with zero attached hydrogens (tertiary/aromatic N) is 1. The van der Waals surface area contributed by atoms with Crippen LogP contribution in [0.5, 0.6) is 5.88 Å². The van der Waals surface area contributed by atoms with Gasteiger partial charge >= 0.3 is 0 Å². The van der Waals surface area contributed by atoms with E-state index in [9.17, 15) is 9.18 Å². The summed E-state index contributed by atoms with van der Waals surface area (Å²) in [7, 11) is 1.39. The molecule has 1 atom stereocenters. The Labute approximate surface area is 140 Å². The second kappa shape index (κ2) is 7.29. The highest BCUT2D eigenvalue weighted by Crippen LogP contribution is 2.26. The molecule has 2 aromatic rings. The molecule has 0 radical (unpaired) electrons. The number of ether oxygens (including phenoxy) is 1. The molecule has 126 valence electrons. The van der Waals surface area contributed by atoms with Crippen molar-refractivity contribution in [2.24, 2.45) is 0 Å². The van der Waals surface area contributed by atoms with Crippen molar-refractivity contribution in [3.63, 3.8) is 0 Å². The van der Waals surface area contributed by atoms with Crippen molar-refractivity contribution in [3.8, 4) is 5.88 Å². The summed E-state index contributed by atoms with van der Waals surface area (Å²) >= 11 is 0. The van der Waals surface area contributed by atoms with Gasteiger partial charge in [-0.05, 0) is 36.6 Å². The predicted molar refractivity (Wildman–Crippen MR) is 89.3 cm³/mol. The Hall–Kier alpha value is -2.63. The highest BCUT2D eigenvalue weighted by Gasteiger charge is 2.19. The molecule has 1 aromatic heterocycles. The zero-order valence-electron chi connectivity index (χ0n) is 13.5. The molecule has 6 heteroatoms. The Bertz CT molecular complexity index is 736. The zero-order chi connectivity index (χ0) is 16.9. The highest BCUT2D eigenvalue weighted by atomic mass is 19.1. The molecule has 5 nitrogen and oxygen atoms in total. The molecule has 1 aliphatic rings. The van der Waals surface area contributed by atoms with Crippen molar-refractivity contribution in [1.82, 2.24) is 10.3 Å². The summed E-state index contributed by atoms with van der Waals surface area (Å²) in [5.74, 6) is -0.369. The number of halogens is 1. The Morgan fingerprint density at radius 2 is 2.29 bits per heavy atom. The molecule has 1 aromatic carbocycles. The maximum absolute atomic E-state index is 14.1. The molecule has 2 N–H and O–H groups in total. The Morgan fingerprint density at radius 1 is 1.42 bits per heavy atom. The quantitative estimate of drug-likeness (QED) is 0.884. The van der Waals surface area contributed by atoms with Crippen LogP contribution < -0.4 is 15.4 Å². The lowest BCUT2D eigenvalue weighted by molar-refractivity contribution is -0.123. The lowest BCUT2D eigenvalue weighted by Crippen LogP contribution is -2.32. The number of hydrogen-bond acceptors (Lipinski definition) is 4. The molecule has 2 heterocycles. The van der Waals surface area contributed by atoms with Gasteiger partial charge in [-0.15, -0.1) is 0 Å². The smallest absolute Gasteiger partial charge is 0.250 e. The minimum atomic E-state index is -0.455. The first kappa shape index (κ1) is 16.2. The average molecular weight is 329 g/mol. The number of hydrogen-bond donors (Lipinski definition) is 2. The number of carbonyl (C=O) groups is 1. The monoisotopic (exact) mass is 329 g/mol. The van der Waals surface area contributed by atoms with E-state index >= 15 is 0 Å². The summed E-state index contributed by atoms with van der Waals surface area (Å²) in [6.45, 7) is 0.325. The van der Waals surface area contributed by atoms with E-state index in [1.54, 1.807) is 6.07 Å². The van der Waals surface area contributed by atoms with Gasteiger partial charge in [-0.25, -0.2) is 9.37 Å². The van der Waals surface area contributed by atoms with Gasteiger partial charge in [0, 0.05) is 30.4 Å². The van der Waals surface area contributed by atoms with Crippen LogP contribution in [-0.4, -0.2) is 18.0 Å². The Balaban J connectivity index is 1.70. The van der Waals surface area contributed by atoms with Crippen molar-refractivity contribution >= 4 is 11.6 Å². The lowest BCUT2D eigenvalue weighted by Gasteiger charge is -2.24. The predicted octanol–water partition coefficient (Wildman–Crippen LogP) is 3.18. The molecule has 1 fully saturated rings. The SMILES string of the molecule is COc1nccc(CNc2cccc(C3CCCC(=O)N3)c2)c1F. The van der Waals surface area contributed by atoms with Crippen molar-refractivity contribution in [2.75, 3.05) is 12.4 Å². The second-order valence-electron chi connectivity index (χ2n) is 5.78. The minimum Gasteiger partial charge on any atom is -0.479 e. The van der Waals surface area contributed by atoms with E-state index < -0.39 is 5.82 Å². The van der Waals surface area contributed by atoms with Gasteiger partial charge < -0.3 is 15.4 Å². The third kappa shape index (κ3) is 3.64. The van der Waals surface area contributed by atoms with E-state index in [1.165, 1.54) is 13.3 Å². The molecule has 0 saturated carbocycles. The van der Waals surface area contributed by atoms with Crippen LogP contribution in [0.1, 0.15) is 36.4 Å². The van der Waals surface area contributed by atoms with Crippen LogP contribution in [0.4, 0.5) is 10.1 Å². The van der Waals surface area contributed by atoms with Gasteiger partial charge in [-0.3, -0.25) is 4.79 Å². The van der Waals surface area contributed by atoms with E-state index in [4.69, 9.17) is 4.74 Å². The number of benzene rings is 1. The number of aromatic nitrogens is 1. The van der Waals surface area contributed by atoms with Crippen LogP contribution in [0.3, 0.4) is 0 Å². The fourth-order valence-electron chi connectivity index (χ4n) is 2.86. The van der Waals surface area contributed by atoms with Crippen LogP contribution in [0.15, 0.2) is 36.5 Å². The highest BCUT2D eigenvalue weighted by molar-refractivity contribution is 5.77. The molecule has 1 unspecified atom stereocenters. The molecule has 1 saturated heterocycles. The number of piperidine rings is 1. The maximum atomic E-state index is 14.1. The summed E-state index contributed by atoms with van der Waals surface area (Å²) in [5.41, 5.74) is 2.42. The molecule has 0 aliphatic carbocycles. The average Bonchev–Trinajstić information content (AvgIpc) is 2.61. The number of methoxy groups -OCH3 is 1. The van der Waals surface area contributed by atoms with Crippen LogP contribution >= 0.6 is 0 Å². The number of nitrogens with one attached hydrogen (secondary N) is 2. The Morgan fingerprint density at radius 3 is 3.08 bits per heavy atom. The van der Waals surface area contributed by atoms with E-state index in [0.717, 1.165) is 24.1 Å². The molecular weight excluding hydrogens is 309 g/mol. The van der Waals surface area contributed by atoms with Gasteiger partial charge in [-0.1, -0.05) is 12.1 Å². The van der Waals surface area contributed by atoms with Crippen LogP contribution in [0, 0.1) is 5.82 Å². The number of pyridine rings is 1. The number of rotatable bonds is 5. The van der Waals surface area contributed by atoms with Crippen molar-refractivity contribution < 1.29 is 13.9 Å². The standard InChI is InChI=1S/C18H20FN3O2/c1-24-18-17(19)13(8-9-20-18)11-21-14-5-2-4-12(10-14)15-6-3-7-16(23)22-15/h2,4-5,8-10,15,21H,3,6-7,11H2,1H3,(H,22,23). The van der Waals surface area contributed by atoms with E-state index in [-0.39, 0.29) is 17.8 Å². The van der Waals surface area contributed by atoms with Gasteiger partial charge in [0.25, 0.3) is 0 Å². The van der Waals surface area contributed by atoms with Gasteiger partial charge in [0.2, 0.25) is 11.8 Å². The third-order valence-electron chi connectivity index (χ3n) is 4.13. The number of carbonyl (C=O) groups excluding carboxylic acids is 1. The van der Waals surface area contributed by atoms with E-state index in [0.29, 0.717) is 18.5 Å². The first-order chi connectivity index (χ1) is 11.7. The molecule has 3 rings (SSSR count). The molecule has 24 heavy (non-hydrogen) atoms. The van der Waals surface area contributed by atoms with Gasteiger partial charge in [0.05, 0.1) is 13.2 Å². The van der Waals surface area contributed by atoms with Gasteiger partial charge in [0.15, 0.2) is 5.82 Å². The third-order valence-corrected chi connectivity index (χ3v) is 4.13. The molecule has 0 spiro atoms. The largest absolute Gasteiger partial charge is 0.479 e. The summed E-state index contributed by atoms with van der Waals surface area (Å²) in [6.07, 6.45) is 3.95. The molecule has 1 amide bonds. The summed E-state index contributed by atoms with van der Waals surface area (Å²) in [5, 5.41) is 6.21. The van der Waals surface area contributed by atoms with Gasteiger partial charge in [0.1, 0.15) is 0 Å². The number of anilines is 1. The van der Waals surface area contributed by atoms with Crippen LogP contribution in [0.2, 0.25) is 0 Å². The molecule has 0 bridgehead atoms. The van der Waals surface area contributed by atoms with E-state index in [1.807, 2.05) is 24.3 Å². The number of amides is 1. The summed E-state index contributed by atoms with van der Waals surface area (Å²) in [6, 6.07) is 9.51. The topological polar surface area (TPSA) is 63.2 Å². The lowest BCUT2D eigenvalue weighted by atomic mass is 9.97. The molecule has 1 aliphatic heterocycles. The maximum Gasteiger partial charge on any atom is 0.250 e. The van der Waals surface area contributed by atoms with Crippen molar-refractivity contribution in [2.45, 2.75) is 31.8 Å². The zero-order valence-corrected chi connectivity index (χ0v) is 13.5. The Kier molecular flexibility index (Phi) is 4.93. The van der Waals surface area contributed by atoms with Crippen LogP contribution in [-0.2, 0) is 11.3 Å². The van der Waals surface area contributed by atoms with Crippen LogP contribution in [0.25, 0.3) is 0 Å². The first-order valence-electron chi connectivity index (χ1n) is 7.98. The fourth-order valence-corrected chi connectivity index (χ4v) is 2.86. The van der Waals surface area contributed by atoms with E-state index in [2.05, 4.69) is 15.6 Å². The first-order valence-corrected chi connectivity index (χ1v) is 7.98. The molecular formula is C18H20FN3O2. The minimum absolute atomic E-state index is 0.00651. The normalized spacial score (nSPS) is 17.2. The van der Waals surface area contributed by atoms with Crippen molar-refractivity contribution in [3.05, 3.63) is 53.5 Å². The fraction of sp³-hybridized carbons (Fsp3) is 0.333. The van der Waals surface area contributed by atoms with Crippen molar-refractivity contribution in [1.29, 1.82) is 0 Å². The summed E-state index contributed by atoms with van der Waals surface area (Å²) < 4.78 is 19.0. The second-order valence-corrected chi connectivity index (χ2v) is 5.78. The summed E-state index contributed by atoms with van der Waals surface area (Å²) in [4.78, 5) is 15.4. The van der Waals surface area contributed by atoms with Gasteiger partial charge in [-0.2, -0.15) is 0 Å².